The maximum Gasteiger partial charge on any atom is 0.151 e. The second-order valence-electron chi connectivity index (χ2n) is 2.95. The molecule has 2 rings (SSSR count). The van der Waals surface area contributed by atoms with Crippen molar-refractivity contribution in [1.29, 1.82) is 0 Å². The number of rotatable bonds is 3. The van der Waals surface area contributed by atoms with Crippen LogP contribution in [0.15, 0.2) is 35.5 Å². The molecule has 0 saturated carbocycles. The Bertz CT molecular complexity index is 413. The summed E-state index contributed by atoms with van der Waals surface area (Å²) in [5.74, 6) is 0.707. The molecule has 0 N–H and O–H groups in total. The molecule has 0 fully saturated rings. The van der Waals surface area contributed by atoms with E-state index in [0.717, 1.165) is 10.7 Å². The van der Waals surface area contributed by atoms with Gasteiger partial charge < -0.3 is 0 Å². The van der Waals surface area contributed by atoms with E-state index in [0.29, 0.717) is 15.9 Å². The van der Waals surface area contributed by atoms with E-state index in [1.807, 2.05) is 18.2 Å². The number of halogens is 2. The molecule has 0 spiro atoms. The van der Waals surface area contributed by atoms with Gasteiger partial charge in [0.2, 0.25) is 0 Å². The van der Waals surface area contributed by atoms with E-state index in [2.05, 4.69) is 15.2 Å². The summed E-state index contributed by atoms with van der Waals surface area (Å²) in [5.41, 5.74) is 0.867. The molecule has 0 bridgehead atoms. The van der Waals surface area contributed by atoms with Crippen molar-refractivity contribution in [2.75, 3.05) is 0 Å². The molecule has 0 aliphatic carbocycles. The summed E-state index contributed by atoms with van der Waals surface area (Å²) in [6, 6.07) is 7.25. The van der Waals surface area contributed by atoms with E-state index < -0.39 is 0 Å². The van der Waals surface area contributed by atoms with E-state index >= 15 is 0 Å². The molecular weight excluding hydrogens is 265 g/mol. The van der Waals surface area contributed by atoms with Crippen LogP contribution in [0, 0.1) is 0 Å². The summed E-state index contributed by atoms with van der Waals surface area (Å²) in [4.78, 5) is 4.17. The van der Waals surface area contributed by atoms with Crippen LogP contribution in [0.2, 0.25) is 10.2 Å². The second kappa shape index (κ2) is 5.48. The summed E-state index contributed by atoms with van der Waals surface area (Å²) in [5, 5.41) is 9.66. The van der Waals surface area contributed by atoms with Gasteiger partial charge in [-0.3, -0.25) is 0 Å². The third-order valence-electron chi connectivity index (χ3n) is 1.76. The molecule has 0 aromatic carbocycles. The van der Waals surface area contributed by atoms with Crippen LogP contribution >= 0.6 is 35.0 Å². The Hall–Kier alpha value is -0.840. The molecule has 0 radical (unpaired) electrons. The first-order chi connectivity index (χ1) is 7.74. The SMILES string of the molecule is Clc1ccc(SCc2ccc(Cl)nn2)nc1. The minimum Gasteiger partial charge on any atom is -0.248 e. The van der Waals surface area contributed by atoms with Gasteiger partial charge in [0.25, 0.3) is 0 Å². The summed E-state index contributed by atoms with van der Waals surface area (Å²) in [7, 11) is 0. The lowest BCUT2D eigenvalue weighted by Gasteiger charge is -1.99. The molecule has 6 heteroatoms. The van der Waals surface area contributed by atoms with E-state index in [4.69, 9.17) is 23.2 Å². The first kappa shape index (κ1) is 11.6. The first-order valence-electron chi connectivity index (χ1n) is 4.46. The van der Waals surface area contributed by atoms with Crippen molar-refractivity contribution in [3.63, 3.8) is 0 Å². The lowest BCUT2D eigenvalue weighted by Crippen LogP contribution is -1.90. The van der Waals surface area contributed by atoms with Gasteiger partial charge in [-0.15, -0.1) is 5.10 Å². The topological polar surface area (TPSA) is 38.7 Å². The molecule has 2 heterocycles. The highest BCUT2D eigenvalue weighted by Crippen LogP contribution is 2.20. The highest BCUT2D eigenvalue weighted by atomic mass is 35.5. The lowest BCUT2D eigenvalue weighted by molar-refractivity contribution is 0.970. The Labute approximate surface area is 107 Å². The fraction of sp³-hybridized carbons (Fsp3) is 0.100. The van der Waals surface area contributed by atoms with E-state index in [-0.39, 0.29) is 0 Å². The Balaban J connectivity index is 1.97. The average molecular weight is 272 g/mol. The number of nitrogens with zero attached hydrogens (tertiary/aromatic N) is 3. The van der Waals surface area contributed by atoms with Gasteiger partial charge in [0, 0.05) is 11.9 Å². The number of thioether (sulfide) groups is 1. The van der Waals surface area contributed by atoms with Gasteiger partial charge in [-0.1, -0.05) is 35.0 Å². The van der Waals surface area contributed by atoms with Crippen LogP contribution in [-0.2, 0) is 5.75 Å². The minimum absolute atomic E-state index is 0.401. The molecule has 0 aliphatic heterocycles. The van der Waals surface area contributed by atoms with Gasteiger partial charge in [0.05, 0.1) is 15.7 Å². The van der Waals surface area contributed by atoms with Crippen molar-refractivity contribution in [3.05, 3.63) is 46.3 Å². The van der Waals surface area contributed by atoms with Gasteiger partial charge >= 0.3 is 0 Å². The van der Waals surface area contributed by atoms with Crippen molar-refractivity contribution in [3.8, 4) is 0 Å². The molecule has 82 valence electrons. The normalized spacial score (nSPS) is 10.4. The summed E-state index contributed by atoms with van der Waals surface area (Å²) < 4.78 is 0. The third-order valence-corrected chi connectivity index (χ3v) is 3.16. The largest absolute Gasteiger partial charge is 0.248 e. The summed E-state index contributed by atoms with van der Waals surface area (Å²) in [6.45, 7) is 0. The summed E-state index contributed by atoms with van der Waals surface area (Å²) >= 11 is 12.9. The predicted molar refractivity (Wildman–Crippen MR) is 65.9 cm³/mol. The third kappa shape index (κ3) is 3.33. The Kier molecular flexibility index (Phi) is 3.98. The van der Waals surface area contributed by atoms with Crippen molar-refractivity contribution >= 4 is 35.0 Å². The molecule has 2 aromatic rings. The zero-order valence-corrected chi connectivity index (χ0v) is 10.4. The lowest BCUT2D eigenvalue weighted by atomic mass is 10.4. The van der Waals surface area contributed by atoms with Gasteiger partial charge in [-0.25, -0.2) is 4.98 Å². The van der Waals surface area contributed by atoms with Crippen molar-refractivity contribution < 1.29 is 0 Å². The van der Waals surface area contributed by atoms with Crippen LogP contribution in [0.3, 0.4) is 0 Å². The van der Waals surface area contributed by atoms with Crippen LogP contribution in [0.4, 0.5) is 0 Å². The monoisotopic (exact) mass is 271 g/mol. The van der Waals surface area contributed by atoms with E-state index in [1.165, 1.54) is 0 Å². The number of pyridine rings is 1. The van der Waals surface area contributed by atoms with Crippen LogP contribution in [0.1, 0.15) is 5.69 Å². The number of aromatic nitrogens is 3. The number of hydrogen-bond acceptors (Lipinski definition) is 4. The quantitative estimate of drug-likeness (QED) is 0.802. The van der Waals surface area contributed by atoms with Crippen molar-refractivity contribution in [1.82, 2.24) is 15.2 Å². The molecule has 0 saturated heterocycles. The molecule has 2 aromatic heterocycles. The standard InChI is InChI=1S/C10H7Cl2N3S/c11-7-1-4-10(13-5-7)16-6-8-2-3-9(12)15-14-8/h1-5H,6H2. The second-order valence-corrected chi connectivity index (χ2v) is 4.77. The number of hydrogen-bond donors (Lipinski definition) is 0. The van der Waals surface area contributed by atoms with Gasteiger partial charge in [0.1, 0.15) is 0 Å². The first-order valence-corrected chi connectivity index (χ1v) is 6.20. The fourth-order valence-electron chi connectivity index (χ4n) is 1.02. The Morgan fingerprint density at radius 3 is 2.56 bits per heavy atom. The van der Waals surface area contributed by atoms with Crippen LogP contribution < -0.4 is 0 Å². The Morgan fingerprint density at radius 1 is 1.06 bits per heavy atom. The molecule has 0 aliphatic rings. The minimum atomic E-state index is 0.401. The molecule has 0 atom stereocenters. The molecule has 0 amide bonds. The van der Waals surface area contributed by atoms with E-state index in [9.17, 15) is 0 Å². The maximum absolute atomic E-state index is 5.74. The highest BCUT2D eigenvalue weighted by molar-refractivity contribution is 7.98. The Morgan fingerprint density at radius 2 is 1.94 bits per heavy atom. The smallest absolute Gasteiger partial charge is 0.151 e. The molecule has 0 unspecified atom stereocenters. The molecule has 16 heavy (non-hydrogen) atoms. The van der Waals surface area contributed by atoms with Crippen LogP contribution in [-0.4, -0.2) is 15.2 Å². The maximum atomic E-state index is 5.74. The van der Waals surface area contributed by atoms with Gasteiger partial charge in [-0.05, 0) is 24.3 Å². The van der Waals surface area contributed by atoms with Crippen LogP contribution in [0.25, 0.3) is 0 Å². The van der Waals surface area contributed by atoms with Gasteiger partial charge in [-0.2, -0.15) is 5.10 Å². The molecule has 3 nitrogen and oxygen atoms in total. The van der Waals surface area contributed by atoms with E-state index in [1.54, 1.807) is 24.0 Å². The van der Waals surface area contributed by atoms with Gasteiger partial charge in [0.15, 0.2) is 5.15 Å². The van der Waals surface area contributed by atoms with Crippen molar-refractivity contribution in [2.24, 2.45) is 0 Å². The van der Waals surface area contributed by atoms with Crippen LogP contribution in [0.5, 0.6) is 0 Å². The summed E-state index contributed by atoms with van der Waals surface area (Å²) in [6.07, 6.45) is 1.62. The average Bonchev–Trinajstić information content (AvgIpc) is 2.30. The highest BCUT2D eigenvalue weighted by Gasteiger charge is 1.99. The zero-order valence-electron chi connectivity index (χ0n) is 8.10. The van der Waals surface area contributed by atoms with Crippen molar-refractivity contribution in [2.45, 2.75) is 10.8 Å². The predicted octanol–water partition coefficient (Wildman–Crippen LogP) is 3.47. The fourth-order valence-corrected chi connectivity index (χ4v) is 1.97. The molecular formula is C10H7Cl2N3S. The zero-order chi connectivity index (χ0) is 11.4.